The molecule has 3 heteroatoms. The second-order valence-electron chi connectivity index (χ2n) is 5.56. The lowest BCUT2D eigenvalue weighted by atomic mass is 10.0. The molecule has 0 bridgehead atoms. The van der Waals surface area contributed by atoms with Crippen molar-refractivity contribution in [3.05, 3.63) is 30.5 Å². The van der Waals surface area contributed by atoms with Crippen LogP contribution in [-0.2, 0) is 11.3 Å². The lowest BCUT2D eigenvalue weighted by Gasteiger charge is -2.22. The first-order valence-corrected chi connectivity index (χ1v) is 7.67. The largest absolute Gasteiger partial charge is 0.493 e. The van der Waals surface area contributed by atoms with E-state index in [1.165, 1.54) is 23.7 Å². The van der Waals surface area contributed by atoms with Gasteiger partial charge < -0.3 is 14.0 Å². The van der Waals surface area contributed by atoms with Gasteiger partial charge in [-0.25, -0.2) is 0 Å². The van der Waals surface area contributed by atoms with Gasteiger partial charge in [-0.05, 0) is 43.4 Å². The summed E-state index contributed by atoms with van der Waals surface area (Å²) in [6.45, 7) is 5.83. The SMILES string of the molecule is CCCOc1cccc2c1ccn2CC1CCOCC1. The van der Waals surface area contributed by atoms with E-state index in [-0.39, 0.29) is 0 Å². The standard InChI is InChI=1S/C17H23NO2/c1-2-10-20-17-5-3-4-16-15(17)6-9-18(16)13-14-7-11-19-12-8-14/h3-6,9,14H,2,7-8,10-13H2,1H3. The van der Waals surface area contributed by atoms with Crippen LogP contribution in [0.25, 0.3) is 10.9 Å². The van der Waals surface area contributed by atoms with Gasteiger partial charge in [0.1, 0.15) is 5.75 Å². The van der Waals surface area contributed by atoms with Crippen molar-refractivity contribution in [2.45, 2.75) is 32.7 Å². The van der Waals surface area contributed by atoms with Gasteiger partial charge in [0.2, 0.25) is 0 Å². The Morgan fingerprint density at radius 1 is 1.25 bits per heavy atom. The molecule has 0 amide bonds. The highest BCUT2D eigenvalue weighted by Crippen LogP contribution is 2.28. The third-order valence-electron chi connectivity index (χ3n) is 4.03. The van der Waals surface area contributed by atoms with Crippen LogP contribution < -0.4 is 4.74 Å². The Hall–Kier alpha value is -1.48. The molecule has 2 heterocycles. The fourth-order valence-corrected chi connectivity index (χ4v) is 2.90. The van der Waals surface area contributed by atoms with Crippen LogP contribution in [-0.4, -0.2) is 24.4 Å². The number of ether oxygens (including phenoxy) is 2. The molecule has 1 aliphatic rings. The van der Waals surface area contributed by atoms with Gasteiger partial charge >= 0.3 is 0 Å². The van der Waals surface area contributed by atoms with E-state index in [9.17, 15) is 0 Å². The van der Waals surface area contributed by atoms with Gasteiger partial charge in [-0.2, -0.15) is 0 Å². The quantitative estimate of drug-likeness (QED) is 0.826. The molecule has 0 unspecified atom stereocenters. The summed E-state index contributed by atoms with van der Waals surface area (Å²) in [6.07, 6.45) is 5.58. The summed E-state index contributed by atoms with van der Waals surface area (Å²) in [5.74, 6) is 1.75. The molecule has 108 valence electrons. The van der Waals surface area contributed by atoms with Crippen molar-refractivity contribution in [3.8, 4) is 5.75 Å². The van der Waals surface area contributed by atoms with E-state index < -0.39 is 0 Å². The lowest BCUT2D eigenvalue weighted by molar-refractivity contribution is 0.0616. The fraction of sp³-hybridized carbons (Fsp3) is 0.529. The first-order valence-electron chi connectivity index (χ1n) is 7.67. The maximum absolute atomic E-state index is 5.84. The molecule has 0 N–H and O–H groups in total. The Labute approximate surface area is 120 Å². The van der Waals surface area contributed by atoms with Crippen molar-refractivity contribution in [2.75, 3.05) is 19.8 Å². The van der Waals surface area contributed by atoms with Gasteiger partial charge in [0.25, 0.3) is 0 Å². The number of fused-ring (bicyclic) bond motifs is 1. The summed E-state index contributed by atoms with van der Waals surface area (Å²) in [6, 6.07) is 8.53. The molecule has 1 fully saturated rings. The fourth-order valence-electron chi connectivity index (χ4n) is 2.90. The highest BCUT2D eigenvalue weighted by molar-refractivity contribution is 5.86. The van der Waals surface area contributed by atoms with Gasteiger partial charge in [-0.1, -0.05) is 13.0 Å². The molecule has 3 rings (SSSR count). The summed E-state index contributed by atoms with van der Waals surface area (Å²) in [5, 5.41) is 1.23. The third kappa shape index (κ3) is 2.83. The molecule has 1 aromatic heterocycles. The zero-order valence-electron chi connectivity index (χ0n) is 12.2. The van der Waals surface area contributed by atoms with E-state index in [0.717, 1.165) is 44.5 Å². The average molecular weight is 273 g/mol. The Morgan fingerprint density at radius 2 is 2.10 bits per heavy atom. The van der Waals surface area contributed by atoms with E-state index in [0.29, 0.717) is 0 Å². The van der Waals surface area contributed by atoms with Crippen LogP contribution >= 0.6 is 0 Å². The number of nitrogens with zero attached hydrogens (tertiary/aromatic N) is 1. The van der Waals surface area contributed by atoms with Crippen LogP contribution in [0.2, 0.25) is 0 Å². The van der Waals surface area contributed by atoms with Gasteiger partial charge in [-0.15, -0.1) is 0 Å². The Balaban J connectivity index is 1.81. The van der Waals surface area contributed by atoms with Crippen LogP contribution in [0.1, 0.15) is 26.2 Å². The van der Waals surface area contributed by atoms with Crippen molar-refractivity contribution in [1.82, 2.24) is 4.57 Å². The lowest BCUT2D eigenvalue weighted by Crippen LogP contribution is -2.20. The maximum Gasteiger partial charge on any atom is 0.128 e. The predicted molar refractivity (Wildman–Crippen MR) is 81.3 cm³/mol. The highest BCUT2D eigenvalue weighted by atomic mass is 16.5. The van der Waals surface area contributed by atoms with Gasteiger partial charge in [0, 0.05) is 31.3 Å². The minimum absolute atomic E-state index is 0.736. The summed E-state index contributed by atoms with van der Waals surface area (Å²) >= 11 is 0. The van der Waals surface area contributed by atoms with Crippen LogP contribution in [0.15, 0.2) is 30.5 Å². The molecule has 0 saturated carbocycles. The van der Waals surface area contributed by atoms with Crippen molar-refractivity contribution in [2.24, 2.45) is 5.92 Å². The van der Waals surface area contributed by atoms with E-state index >= 15 is 0 Å². The molecule has 0 aliphatic carbocycles. The highest BCUT2D eigenvalue weighted by Gasteiger charge is 2.15. The van der Waals surface area contributed by atoms with Crippen LogP contribution in [0.4, 0.5) is 0 Å². The van der Waals surface area contributed by atoms with Crippen molar-refractivity contribution >= 4 is 10.9 Å². The van der Waals surface area contributed by atoms with Crippen molar-refractivity contribution in [3.63, 3.8) is 0 Å². The van der Waals surface area contributed by atoms with Gasteiger partial charge in [0.05, 0.1) is 12.1 Å². The molecule has 0 radical (unpaired) electrons. The molecule has 0 spiro atoms. The Morgan fingerprint density at radius 3 is 2.90 bits per heavy atom. The first-order chi connectivity index (χ1) is 9.88. The van der Waals surface area contributed by atoms with Crippen molar-refractivity contribution < 1.29 is 9.47 Å². The molecular weight excluding hydrogens is 250 g/mol. The third-order valence-corrected chi connectivity index (χ3v) is 4.03. The normalized spacial score (nSPS) is 16.6. The summed E-state index contributed by atoms with van der Waals surface area (Å²) in [5.41, 5.74) is 1.28. The Bertz CT molecular complexity index is 555. The molecule has 3 nitrogen and oxygen atoms in total. The van der Waals surface area contributed by atoms with Gasteiger partial charge in [0.15, 0.2) is 0 Å². The van der Waals surface area contributed by atoms with Crippen LogP contribution in [0.3, 0.4) is 0 Å². The van der Waals surface area contributed by atoms with Crippen LogP contribution in [0, 0.1) is 5.92 Å². The number of aromatic nitrogens is 1. The molecule has 1 saturated heterocycles. The number of hydrogen-bond acceptors (Lipinski definition) is 2. The monoisotopic (exact) mass is 273 g/mol. The molecule has 1 aromatic carbocycles. The molecule has 0 atom stereocenters. The Kier molecular flexibility index (Phi) is 4.26. The average Bonchev–Trinajstić information content (AvgIpc) is 2.90. The van der Waals surface area contributed by atoms with E-state index in [2.05, 4.69) is 42.0 Å². The van der Waals surface area contributed by atoms with E-state index in [1.807, 2.05) is 0 Å². The number of benzene rings is 1. The molecular formula is C17H23NO2. The molecule has 2 aromatic rings. The summed E-state index contributed by atoms with van der Waals surface area (Å²) < 4.78 is 13.6. The zero-order chi connectivity index (χ0) is 13.8. The minimum Gasteiger partial charge on any atom is -0.493 e. The molecule has 1 aliphatic heterocycles. The predicted octanol–water partition coefficient (Wildman–Crippen LogP) is 3.86. The molecule has 20 heavy (non-hydrogen) atoms. The first kappa shape index (κ1) is 13.5. The number of hydrogen-bond donors (Lipinski definition) is 0. The second kappa shape index (κ2) is 6.31. The number of rotatable bonds is 5. The zero-order valence-corrected chi connectivity index (χ0v) is 12.2. The summed E-state index contributed by atoms with van der Waals surface area (Å²) in [7, 11) is 0. The smallest absolute Gasteiger partial charge is 0.128 e. The summed E-state index contributed by atoms with van der Waals surface area (Å²) in [4.78, 5) is 0. The van der Waals surface area contributed by atoms with E-state index in [4.69, 9.17) is 9.47 Å². The van der Waals surface area contributed by atoms with E-state index in [1.54, 1.807) is 0 Å². The second-order valence-corrected chi connectivity index (χ2v) is 5.56. The van der Waals surface area contributed by atoms with Crippen molar-refractivity contribution in [1.29, 1.82) is 0 Å². The topological polar surface area (TPSA) is 23.4 Å². The minimum atomic E-state index is 0.736. The van der Waals surface area contributed by atoms with Crippen LogP contribution in [0.5, 0.6) is 5.75 Å². The maximum atomic E-state index is 5.84. The van der Waals surface area contributed by atoms with Gasteiger partial charge in [-0.3, -0.25) is 0 Å².